The van der Waals surface area contributed by atoms with Gasteiger partial charge in [-0.25, -0.2) is 13.6 Å². The van der Waals surface area contributed by atoms with Crippen LogP contribution in [0.5, 0.6) is 0 Å². The second-order valence-corrected chi connectivity index (χ2v) is 7.78. The fourth-order valence-corrected chi connectivity index (χ4v) is 3.38. The summed E-state index contributed by atoms with van der Waals surface area (Å²) in [6.07, 6.45) is -0.637. The summed E-state index contributed by atoms with van der Waals surface area (Å²) in [6.45, 7) is 6.30. The third-order valence-electron chi connectivity index (χ3n) is 4.56. The number of piperidine rings is 1. The molecule has 0 bridgehead atoms. The smallest absolute Gasteiger partial charge is 0.408 e. The second-order valence-electron chi connectivity index (χ2n) is 7.78. The molecule has 2 fully saturated rings. The maximum atomic E-state index is 13.8. The lowest BCUT2D eigenvalue weighted by molar-refractivity contribution is -0.120. The Balaban J connectivity index is 1.42. The number of carbonyl (C=O) groups excluding carboxylic acids is 2. The van der Waals surface area contributed by atoms with E-state index in [1.807, 2.05) is 4.90 Å². The SMILES string of the molecule is CC(C)(C)OC(=O)NCC(=O)NC1C2CN(c3ccc(F)cc3F)CC21. The molecule has 0 spiro atoms. The first-order valence-electron chi connectivity index (χ1n) is 8.60. The van der Waals surface area contributed by atoms with E-state index in [9.17, 15) is 18.4 Å². The summed E-state index contributed by atoms with van der Waals surface area (Å²) in [6, 6.07) is 3.58. The van der Waals surface area contributed by atoms with E-state index in [4.69, 9.17) is 4.74 Å². The lowest BCUT2D eigenvalue weighted by Gasteiger charge is -2.23. The number of benzene rings is 1. The van der Waals surface area contributed by atoms with Gasteiger partial charge in [0, 0.05) is 37.0 Å². The van der Waals surface area contributed by atoms with Crippen molar-refractivity contribution in [3.63, 3.8) is 0 Å². The average Bonchev–Trinajstić information content (AvgIpc) is 2.95. The molecular formula is C18H23F2N3O3. The molecule has 1 saturated carbocycles. The highest BCUT2D eigenvalue weighted by Gasteiger charge is 2.56. The summed E-state index contributed by atoms with van der Waals surface area (Å²) in [5.41, 5.74) is -0.233. The van der Waals surface area contributed by atoms with Crippen LogP contribution in [0.2, 0.25) is 0 Å². The molecule has 1 aliphatic carbocycles. The molecule has 3 rings (SSSR count). The lowest BCUT2D eigenvalue weighted by atomic mass is 10.2. The number of fused-ring (bicyclic) bond motifs is 1. The number of amides is 2. The van der Waals surface area contributed by atoms with Crippen LogP contribution in [-0.4, -0.2) is 43.3 Å². The lowest BCUT2D eigenvalue weighted by Crippen LogP contribution is -2.42. The fourth-order valence-electron chi connectivity index (χ4n) is 3.38. The summed E-state index contributed by atoms with van der Waals surface area (Å²) in [4.78, 5) is 25.3. The van der Waals surface area contributed by atoms with Crippen molar-refractivity contribution in [1.82, 2.24) is 10.6 Å². The quantitative estimate of drug-likeness (QED) is 0.854. The molecule has 2 unspecified atom stereocenters. The van der Waals surface area contributed by atoms with Crippen LogP contribution in [-0.2, 0) is 9.53 Å². The first-order chi connectivity index (χ1) is 12.1. The van der Waals surface area contributed by atoms with E-state index >= 15 is 0 Å². The van der Waals surface area contributed by atoms with Gasteiger partial charge in [0.05, 0.1) is 5.69 Å². The molecule has 2 atom stereocenters. The van der Waals surface area contributed by atoms with Crippen molar-refractivity contribution in [2.75, 3.05) is 24.5 Å². The van der Waals surface area contributed by atoms with Crippen molar-refractivity contribution in [2.24, 2.45) is 11.8 Å². The van der Waals surface area contributed by atoms with Crippen LogP contribution in [0.15, 0.2) is 18.2 Å². The largest absolute Gasteiger partial charge is 0.444 e. The highest BCUT2D eigenvalue weighted by Crippen LogP contribution is 2.47. The molecule has 2 amide bonds. The molecule has 26 heavy (non-hydrogen) atoms. The van der Waals surface area contributed by atoms with Crippen molar-refractivity contribution < 1.29 is 23.1 Å². The van der Waals surface area contributed by atoms with Crippen LogP contribution >= 0.6 is 0 Å². The van der Waals surface area contributed by atoms with E-state index in [2.05, 4.69) is 10.6 Å². The van der Waals surface area contributed by atoms with Crippen LogP contribution in [0.25, 0.3) is 0 Å². The number of nitrogens with zero attached hydrogens (tertiary/aromatic N) is 1. The number of halogens is 2. The Morgan fingerprint density at radius 3 is 2.46 bits per heavy atom. The third-order valence-corrected chi connectivity index (χ3v) is 4.56. The van der Waals surface area contributed by atoms with Crippen LogP contribution < -0.4 is 15.5 Å². The van der Waals surface area contributed by atoms with Gasteiger partial charge in [-0.15, -0.1) is 0 Å². The Hall–Kier alpha value is -2.38. The normalized spacial score (nSPS) is 24.0. The zero-order valence-electron chi connectivity index (χ0n) is 15.0. The Labute approximate surface area is 150 Å². The monoisotopic (exact) mass is 367 g/mol. The van der Waals surface area contributed by atoms with Gasteiger partial charge in [0.25, 0.3) is 0 Å². The molecule has 0 aromatic heterocycles. The van der Waals surface area contributed by atoms with E-state index < -0.39 is 23.3 Å². The van der Waals surface area contributed by atoms with Crippen molar-refractivity contribution in [2.45, 2.75) is 32.4 Å². The molecule has 0 radical (unpaired) electrons. The van der Waals surface area contributed by atoms with E-state index in [0.29, 0.717) is 18.8 Å². The summed E-state index contributed by atoms with van der Waals surface area (Å²) < 4.78 is 31.9. The molecule has 1 heterocycles. The maximum Gasteiger partial charge on any atom is 0.408 e. The van der Waals surface area contributed by atoms with Crippen molar-refractivity contribution in [1.29, 1.82) is 0 Å². The predicted molar refractivity (Wildman–Crippen MR) is 91.7 cm³/mol. The van der Waals surface area contributed by atoms with E-state index in [0.717, 1.165) is 6.07 Å². The van der Waals surface area contributed by atoms with Crippen molar-refractivity contribution >= 4 is 17.7 Å². The van der Waals surface area contributed by atoms with Gasteiger partial charge in [0.15, 0.2) is 0 Å². The number of ether oxygens (including phenoxy) is 1. The Morgan fingerprint density at radius 2 is 1.88 bits per heavy atom. The molecule has 2 aliphatic rings. The highest BCUT2D eigenvalue weighted by molar-refractivity contribution is 5.82. The minimum Gasteiger partial charge on any atom is -0.444 e. The number of hydrogen-bond donors (Lipinski definition) is 2. The summed E-state index contributed by atoms with van der Waals surface area (Å²) in [7, 11) is 0. The summed E-state index contributed by atoms with van der Waals surface area (Å²) >= 11 is 0. The van der Waals surface area contributed by atoms with E-state index in [-0.39, 0.29) is 30.3 Å². The number of alkyl carbamates (subject to hydrolysis) is 1. The highest BCUT2D eigenvalue weighted by atomic mass is 19.1. The van der Waals surface area contributed by atoms with Crippen LogP contribution in [0.1, 0.15) is 20.8 Å². The molecule has 6 nitrogen and oxygen atoms in total. The van der Waals surface area contributed by atoms with Crippen molar-refractivity contribution in [3.05, 3.63) is 29.8 Å². The molecule has 142 valence electrons. The minimum absolute atomic E-state index is 0.0303. The van der Waals surface area contributed by atoms with Crippen LogP contribution in [0.3, 0.4) is 0 Å². The Bertz CT molecular complexity index is 708. The molecule has 1 saturated heterocycles. The van der Waals surface area contributed by atoms with Crippen LogP contribution in [0, 0.1) is 23.5 Å². The standard InChI is InChI=1S/C18H23F2N3O3/c1-18(2,3)26-17(25)21-7-15(24)22-16-11-8-23(9-12(11)16)14-5-4-10(19)6-13(14)20/h4-6,11-12,16H,7-9H2,1-3H3,(H,21,25)(H,22,24). The van der Waals surface area contributed by atoms with Gasteiger partial charge in [-0.05, 0) is 32.9 Å². The van der Waals surface area contributed by atoms with Gasteiger partial charge < -0.3 is 20.3 Å². The summed E-state index contributed by atoms with van der Waals surface area (Å²) in [5.74, 6) is -0.976. The Morgan fingerprint density at radius 1 is 1.23 bits per heavy atom. The molecule has 1 aromatic carbocycles. The molecular weight excluding hydrogens is 344 g/mol. The minimum atomic E-state index is -0.637. The number of nitrogens with one attached hydrogen (secondary N) is 2. The van der Waals surface area contributed by atoms with Gasteiger partial charge in [0.2, 0.25) is 5.91 Å². The first kappa shape index (κ1) is 18.4. The second kappa shape index (κ2) is 6.74. The maximum absolute atomic E-state index is 13.8. The summed E-state index contributed by atoms with van der Waals surface area (Å²) in [5, 5.41) is 5.30. The predicted octanol–water partition coefficient (Wildman–Crippen LogP) is 2.04. The van der Waals surface area contributed by atoms with Gasteiger partial charge in [-0.3, -0.25) is 4.79 Å². The molecule has 2 N–H and O–H groups in total. The van der Waals surface area contributed by atoms with Gasteiger partial charge >= 0.3 is 6.09 Å². The first-order valence-corrected chi connectivity index (χ1v) is 8.60. The zero-order chi connectivity index (χ0) is 19.1. The number of rotatable bonds is 4. The molecule has 1 aromatic rings. The van der Waals surface area contributed by atoms with Gasteiger partial charge in [-0.2, -0.15) is 0 Å². The fraction of sp³-hybridized carbons (Fsp3) is 0.556. The Kier molecular flexibility index (Phi) is 4.77. The van der Waals surface area contributed by atoms with E-state index in [1.165, 1.54) is 12.1 Å². The van der Waals surface area contributed by atoms with E-state index in [1.54, 1.807) is 20.8 Å². The molecule has 1 aliphatic heterocycles. The van der Waals surface area contributed by atoms with Gasteiger partial charge in [0.1, 0.15) is 23.8 Å². The topological polar surface area (TPSA) is 70.7 Å². The number of anilines is 1. The average molecular weight is 367 g/mol. The third kappa shape index (κ3) is 4.23. The van der Waals surface area contributed by atoms with Crippen LogP contribution in [0.4, 0.5) is 19.3 Å². The molecule has 8 heteroatoms. The number of hydrogen-bond acceptors (Lipinski definition) is 4. The number of carbonyl (C=O) groups is 2. The zero-order valence-corrected chi connectivity index (χ0v) is 15.0. The van der Waals surface area contributed by atoms with Gasteiger partial charge in [-0.1, -0.05) is 0 Å². The van der Waals surface area contributed by atoms with Crippen molar-refractivity contribution in [3.8, 4) is 0 Å².